The molecule has 1 aromatic heterocycles. The molecule has 2 aromatic rings. The van der Waals surface area contributed by atoms with Crippen LogP contribution < -0.4 is 0 Å². The van der Waals surface area contributed by atoms with Crippen LogP contribution in [0.3, 0.4) is 0 Å². The van der Waals surface area contributed by atoms with E-state index in [-0.39, 0.29) is 18.3 Å². The largest absolute Gasteiger partial charge is 0.481 e. The number of carbonyl (C=O) groups is 2. The van der Waals surface area contributed by atoms with E-state index < -0.39 is 11.9 Å². The van der Waals surface area contributed by atoms with Crippen LogP contribution >= 0.6 is 11.3 Å². The fraction of sp³-hybridized carbons (Fsp3) is 0.250. The zero-order chi connectivity index (χ0) is 15.7. The zero-order valence-electron chi connectivity index (χ0n) is 11.7. The Bertz CT molecular complexity index is 710. The Morgan fingerprint density at radius 1 is 1.18 bits per heavy atom. The molecule has 1 aromatic carbocycles. The van der Waals surface area contributed by atoms with Crippen LogP contribution in [0.4, 0.5) is 4.39 Å². The van der Waals surface area contributed by atoms with Gasteiger partial charge in [0.2, 0.25) is 0 Å². The van der Waals surface area contributed by atoms with Gasteiger partial charge in [0.1, 0.15) is 5.82 Å². The number of likely N-dealkylation sites (tertiary alicyclic amines) is 1. The van der Waals surface area contributed by atoms with Gasteiger partial charge < -0.3 is 10.0 Å². The molecular weight excluding hydrogens is 305 g/mol. The molecule has 0 radical (unpaired) electrons. The second-order valence-corrected chi connectivity index (χ2v) is 6.33. The number of halogens is 1. The molecule has 1 aliphatic rings. The fourth-order valence-corrected chi connectivity index (χ4v) is 3.50. The Labute approximate surface area is 130 Å². The molecule has 0 saturated carbocycles. The van der Waals surface area contributed by atoms with Gasteiger partial charge >= 0.3 is 5.97 Å². The molecule has 0 spiro atoms. The first-order chi connectivity index (χ1) is 10.5. The molecule has 1 amide bonds. The van der Waals surface area contributed by atoms with Crippen molar-refractivity contribution in [2.75, 3.05) is 13.1 Å². The number of hydrogen-bond donors (Lipinski definition) is 1. The fourth-order valence-electron chi connectivity index (χ4n) is 2.52. The van der Waals surface area contributed by atoms with Crippen LogP contribution in [0.1, 0.15) is 16.1 Å². The van der Waals surface area contributed by atoms with E-state index in [0.717, 1.165) is 10.4 Å². The number of hydrogen-bond acceptors (Lipinski definition) is 3. The Hall–Kier alpha value is -2.21. The number of benzene rings is 1. The lowest BCUT2D eigenvalue weighted by Crippen LogP contribution is -2.29. The molecule has 1 atom stereocenters. The van der Waals surface area contributed by atoms with E-state index in [4.69, 9.17) is 5.11 Å². The summed E-state index contributed by atoms with van der Waals surface area (Å²) in [6, 6.07) is 9.68. The summed E-state index contributed by atoms with van der Waals surface area (Å²) in [6.45, 7) is 0.734. The number of carbonyl (C=O) groups excluding carboxylic acids is 1. The molecule has 1 unspecified atom stereocenters. The number of thiophene rings is 1. The van der Waals surface area contributed by atoms with E-state index in [1.807, 2.05) is 6.07 Å². The Morgan fingerprint density at radius 3 is 2.55 bits per heavy atom. The molecule has 114 valence electrons. The lowest BCUT2D eigenvalue weighted by molar-refractivity contribution is -0.141. The monoisotopic (exact) mass is 319 g/mol. The first-order valence-electron chi connectivity index (χ1n) is 6.92. The summed E-state index contributed by atoms with van der Waals surface area (Å²) in [5, 5.41) is 8.99. The minimum Gasteiger partial charge on any atom is -0.481 e. The van der Waals surface area contributed by atoms with Crippen molar-refractivity contribution in [3.05, 3.63) is 47.1 Å². The molecule has 4 nitrogen and oxygen atoms in total. The molecule has 1 N–H and O–H groups in total. The average molecular weight is 319 g/mol. The number of aliphatic carboxylic acids is 1. The van der Waals surface area contributed by atoms with Gasteiger partial charge in [-0.2, -0.15) is 0 Å². The number of rotatable bonds is 3. The van der Waals surface area contributed by atoms with E-state index >= 15 is 0 Å². The highest BCUT2D eigenvalue weighted by molar-refractivity contribution is 7.17. The predicted molar refractivity (Wildman–Crippen MR) is 81.4 cm³/mol. The highest BCUT2D eigenvalue weighted by Crippen LogP contribution is 2.30. The van der Waals surface area contributed by atoms with Gasteiger partial charge in [0.05, 0.1) is 10.8 Å². The normalized spacial score (nSPS) is 17.7. The first-order valence-corrected chi connectivity index (χ1v) is 7.74. The summed E-state index contributed by atoms with van der Waals surface area (Å²) in [4.78, 5) is 26.4. The number of carboxylic acid groups (broad SMARTS) is 1. The highest BCUT2D eigenvalue weighted by atomic mass is 32.1. The van der Waals surface area contributed by atoms with E-state index in [9.17, 15) is 14.0 Å². The zero-order valence-corrected chi connectivity index (χ0v) is 12.5. The smallest absolute Gasteiger partial charge is 0.308 e. The number of amides is 1. The second kappa shape index (κ2) is 5.88. The molecule has 2 heterocycles. The highest BCUT2D eigenvalue weighted by Gasteiger charge is 2.31. The van der Waals surface area contributed by atoms with E-state index in [2.05, 4.69) is 0 Å². The van der Waals surface area contributed by atoms with E-state index in [0.29, 0.717) is 17.8 Å². The average Bonchev–Trinajstić information content (AvgIpc) is 3.17. The van der Waals surface area contributed by atoms with Gasteiger partial charge in [0.25, 0.3) is 5.91 Å². The van der Waals surface area contributed by atoms with Crippen LogP contribution in [0.5, 0.6) is 0 Å². The van der Waals surface area contributed by atoms with Crippen LogP contribution in [0.25, 0.3) is 10.4 Å². The van der Waals surface area contributed by atoms with Crippen molar-refractivity contribution in [1.29, 1.82) is 0 Å². The Morgan fingerprint density at radius 2 is 1.91 bits per heavy atom. The summed E-state index contributed by atoms with van der Waals surface area (Å²) < 4.78 is 12.9. The second-order valence-electron chi connectivity index (χ2n) is 5.25. The standard InChI is InChI=1S/C16H14FNO3S/c17-12-3-1-10(2-4-12)13-5-6-14(22-13)15(19)18-8-7-11(9-18)16(20)21/h1-6,11H,7-9H2,(H,20,21). The summed E-state index contributed by atoms with van der Waals surface area (Å²) in [6.07, 6.45) is 0.497. The van der Waals surface area contributed by atoms with Crippen molar-refractivity contribution in [3.63, 3.8) is 0 Å². The third kappa shape index (κ3) is 2.87. The maximum atomic E-state index is 12.9. The summed E-state index contributed by atoms with van der Waals surface area (Å²) in [5.41, 5.74) is 0.857. The minimum atomic E-state index is -0.853. The van der Waals surface area contributed by atoms with E-state index in [1.54, 1.807) is 23.1 Å². The van der Waals surface area contributed by atoms with Crippen molar-refractivity contribution in [1.82, 2.24) is 4.90 Å². The maximum Gasteiger partial charge on any atom is 0.308 e. The molecule has 0 bridgehead atoms. The van der Waals surface area contributed by atoms with E-state index in [1.165, 1.54) is 23.5 Å². The molecular formula is C16H14FNO3S. The third-order valence-corrected chi connectivity index (χ3v) is 4.89. The molecule has 6 heteroatoms. The molecule has 1 saturated heterocycles. The predicted octanol–water partition coefficient (Wildman–Crippen LogP) is 3.10. The first kappa shape index (κ1) is 14.7. The Kier molecular flexibility index (Phi) is 3.94. The van der Waals surface area contributed by atoms with Gasteiger partial charge in [-0.1, -0.05) is 12.1 Å². The van der Waals surface area contributed by atoms with Crippen LogP contribution in [-0.4, -0.2) is 35.0 Å². The SMILES string of the molecule is O=C(O)C1CCN(C(=O)c2ccc(-c3ccc(F)cc3)s2)C1. The lowest BCUT2D eigenvalue weighted by Gasteiger charge is -2.14. The Balaban J connectivity index is 1.75. The van der Waals surface area contributed by atoms with Crippen molar-refractivity contribution >= 4 is 23.2 Å². The van der Waals surface area contributed by atoms with Crippen LogP contribution in [0.2, 0.25) is 0 Å². The van der Waals surface area contributed by atoms with Gasteiger partial charge in [-0.15, -0.1) is 11.3 Å². The van der Waals surface area contributed by atoms with Crippen LogP contribution in [-0.2, 0) is 4.79 Å². The van der Waals surface area contributed by atoms with Gasteiger partial charge in [-0.3, -0.25) is 9.59 Å². The maximum absolute atomic E-state index is 12.9. The summed E-state index contributed by atoms with van der Waals surface area (Å²) >= 11 is 1.34. The van der Waals surface area contributed by atoms with Gasteiger partial charge in [0.15, 0.2) is 0 Å². The molecule has 22 heavy (non-hydrogen) atoms. The topological polar surface area (TPSA) is 57.6 Å². The number of nitrogens with zero attached hydrogens (tertiary/aromatic N) is 1. The van der Waals surface area contributed by atoms with Gasteiger partial charge in [-0.25, -0.2) is 4.39 Å². The van der Waals surface area contributed by atoms with Crippen molar-refractivity contribution < 1.29 is 19.1 Å². The van der Waals surface area contributed by atoms with Crippen molar-refractivity contribution in [2.24, 2.45) is 5.92 Å². The summed E-state index contributed by atoms with van der Waals surface area (Å²) in [7, 11) is 0. The van der Waals surface area contributed by atoms with Gasteiger partial charge in [0, 0.05) is 18.0 Å². The molecule has 1 fully saturated rings. The van der Waals surface area contributed by atoms with Gasteiger partial charge in [-0.05, 0) is 36.2 Å². The van der Waals surface area contributed by atoms with Crippen LogP contribution in [0, 0.1) is 11.7 Å². The quantitative estimate of drug-likeness (QED) is 0.946. The third-order valence-electron chi connectivity index (χ3n) is 3.77. The van der Waals surface area contributed by atoms with Crippen LogP contribution in [0.15, 0.2) is 36.4 Å². The molecule has 1 aliphatic heterocycles. The van der Waals surface area contributed by atoms with Crippen molar-refractivity contribution in [3.8, 4) is 10.4 Å². The lowest BCUT2D eigenvalue weighted by atomic mass is 10.1. The number of carboxylic acids is 1. The summed E-state index contributed by atoms with van der Waals surface area (Å²) in [5.74, 6) is -1.76. The minimum absolute atomic E-state index is 0.137. The van der Waals surface area contributed by atoms with Crippen molar-refractivity contribution in [2.45, 2.75) is 6.42 Å². The molecule has 3 rings (SSSR count). The molecule has 0 aliphatic carbocycles.